The van der Waals surface area contributed by atoms with E-state index in [0.29, 0.717) is 32.2 Å². The van der Waals surface area contributed by atoms with Gasteiger partial charge < -0.3 is 24.7 Å². The van der Waals surface area contributed by atoms with E-state index in [9.17, 15) is 4.79 Å². The Morgan fingerprint density at radius 3 is 2.57 bits per heavy atom. The van der Waals surface area contributed by atoms with Crippen molar-refractivity contribution in [3.63, 3.8) is 0 Å². The number of hydrogen-bond donors (Lipinski definition) is 1. The molecule has 2 aromatic heterocycles. The zero-order chi connectivity index (χ0) is 26.6. The van der Waals surface area contributed by atoms with Crippen molar-refractivity contribution < 1.29 is 23.7 Å². The SMILES string of the molecule is CC(=Cc1cnc2c(cc(-c3ccc(C4(C)OCCO4)cc3)n2COCC[Si](C)(C)C)n1)COC(N)=O. The van der Waals surface area contributed by atoms with Crippen LogP contribution in [0.3, 0.4) is 0 Å². The zero-order valence-electron chi connectivity index (χ0n) is 22.2. The fourth-order valence-electron chi connectivity index (χ4n) is 4.12. The van der Waals surface area contributed by atoms with Crippen LogP contribution in [0.1, 0.15) is 25.1 Å². The number of fused-ring (bicyclic) bond motifs is 1. The number of nitrogens with two attached hydrogens (primary N) is 1. The van der Waals surface area contributed by atoms with Crippen molar-refractivity contribution in [3.8, 4) is 11.3 Å². The van der Waals surface area contributed by atoms with Gasteiger partial charge in [0.2, 0.25) is 0 Å². The van der Waals surface area contributed by atoms with Crippen molar-refractivity contribution in [2.24, 2.45) is 5.73 Å². The molecule has 0 radical (unpaired) electrons. The van der Waals surface area contributed by atoms with Crippen LogP contribution in [0.2, 0.25) is 25.7 Å². The summed E-state index contributed by atoms with van der Waals surface area (Å²) in [6.07, 6.45) is 2.72. The van der Waals surface area contributed by atoms with Crippen molar-refractivity contribution in [1.29, 1.82) is 0 Å². The van der Waals surface area contributed by atoms with Gasteiger partial charge in [-0.15, -0.1) is 0 Å². The maximum atomic E-state index is 10.9. The van der Waals surface area contributed by atoms with E-state index < -0.39 is 20.0 Å². The van der Waals surface area contributed by atoms with E-state index in [4.69, 9.17) is 34.6 Å². The summed E-state index contributed by atoms with van der Waals surface area (Å²) in [5.41, 5.74) is 11.0. The number of carbonyl (C=O) groups excluding carboxylic acids is 1. The quantitative estimate of drug-likeness (QED) is 0.289. The highest BCUT2D eigenvalue weighted by Gasteiger charge is 2.33. The van der Waals surface area contributed by atoms with Gasteiger partial charge in [0.05, 0.1) is 30.8 Å². The fraction of sp³-hybridized carbons (Fsp3) is 0.444. The van der Waals surface area contributed by atoms with Crippen LogP contribution in [0.15, 0.2) is 42.1 Å². The molecule has 1 fully saturated rings. The van der Waals surface area contributed by atoms with Crippen molar-refractivity contribution in [3.05, 3.63) is 53.4 Å². The third-order valence-corrected chi connectivity index (χ3v) is 7.92. The van der Waals surface area contributed by atoms with Crippen LogP contribution in [0, 0.1) is 0 Å². The first-order valence-corrected chi connectivity index (χ1v) is 16.2. The number of carbonyl (C=O) groups is 1. The van der Waals surface area contributed by atoms with Gasteiger partial charge in [-0.3, -0.25) is 4.57 Å². The normalized spacial score (nSPS) is 15.9. The summed E-state index contributed by atoms with van der Waals surface area (Å²) >= 11 is 0. The number of benzene rings is 1. The molecule has 1 aliphatic heterocycles. The van der Waals surface area contributed by atoms with Crippen LogP contribution in [-0.4, -0.2) is 55.1 Å². The molecule has 0 saturated carbocycles. The molecule has 0 aliphatic carbocycles. The first-order chi connectivity index (χ1) is 17.5. The minimum atomic E-state index is -1.21. The lowest BCUT2D eigenvalue weighted by Gasteiger charge is -2.23. The van der Waals surface area contributed by atoms with Crippen LogP contribution < -0.4 is 5.73 Å². The van der Waals surface area contributed by atoms with Gasteiger partial charge in [-0.2, -0.15) is 0 Å². The lowest BCUT2D eigenvalue weighted by atomic mass is 10.0. The van der Waals surface area contributed by atoms with Crippen molar-refractivity contribution in [2.45, 2.75) is 52.1 Å². The predicted octanol–water partition coefficient (Wildman–Crippen LogP) is 5.13. The number of aromatic nitrogens is 3. The molecular weight excluding hydrogens is 488 g/mol. The van der Waals surface area contributed by atoms with Crippen LogP contribution in [-0.2, 0) is 31.5 Å². The molecule has 0 spiro atoms. The van der Waals surface area contributed by atoms with Gasteiger partial charge in [0, 0.05) is 20.2 Å². The number of nitrogens with zero attached hydrogens (tertiary/aromatic N) is 3. The first-order valence-electron chi connectivity index (χ1n) is 12.5. The van der Waals surface area contributed by atoms with E-state index in [0.717, 1.165) is 39.6 Å². The average molecular weight is 525 g/mol. The molecule has 3 aromatic rings. The second-order valence-corrected chi connectivity index (χ2v) is 16.2. The maximum absolute atomic E-state index is 10.9. The molecule has 1 aliphatic rings. The van der Waals surface area contributed by atoms with Crippen molar-refractivity contribution >= 4 is 31.4 Å². The van der Waals surface area contributed by atoms with Gasteiger partial charge in [-0.1, -0.05) is 43.9 Å². The molecule has 198 valence electrons. The Labute approximate surface area is 218 Å². The summed E-state index contributed by atoms with van der Waals surface area (Å²) < 4.78 is 24.6. The minimum absolute atomic E-state index is 0.102. The number of amides is 1. The standard InChI is InChI=1S/C27H36N4O5Si/c1-19(17-34-26(28)32)14-22-16-29-25-23(30-22)15-24(31(25)18-33-12-13-37(3,4)5)20-6-8-21(9-7-20)27(2)35-10-11-36-27/h6-9,14-16H,10-13,17-18H2,1-5H3,(H2,28,32). The molecule has 1 amide bonds. The summed E-state index contributed by atoms with van der Waals surface area (Å²) in [6.45, 7) is 13.2. The number of rotatable bonds is 10. The third-order valence-electron chi connectivity index (χ3n) is 6.21. The summed E-state index contributed by atoms with van der Waals surface area (Å²) in [7, 11) is -1.21. The molecule has 1 aromatic carbocycles. The van der Waals surface area contributed by atoms with Crippen LogP contribution in [0.25, 0.3) is 28.5 Å². The molecule has 4 rings (SSSR count). The van der Waals surface area contributed by atoms with E-state index in [1.54, 1.807) is 6.20 Å². The van der Waals surface area contributed by atoms with Crippen LogP contribution in [0.5, 0.6) is 0 Å². The Kier molecular flexibility index (Phi) is 8.13. The van der Waals surface area contributed by atoms with Gasteiger partial charge in [-0.25, -0.2) is 14.8 Å². The predicted molar refractivity (Wildman–Crippen MR) is 146 cm³/mol. The highest BCUT2D eigenvalue weighted by molar-refractivity contribution is 6.76. The molecule has 2 N–H and O–H groups in total. The topological polar surface area (TPSA) is 111 Å². The Balaban J connectivity index is 1.65. The fourth-order valence-corrected chi connectivity index (χ4v) is 4.87. The van der Waals surface area contributed by atoms with Gasteiger partial charge in [-0.05, 0) is 43.2 Å². The molecule has 1 saturated heterocycles. The lowest BCUT2D eigenvalue weighted by molar-refractivity contribution is -0.149. The maximum Gasteiger partial charge on any atom is 0.404 e. The number of primary amides is 1. The first kappa shape index (κ1) is 27.0. The van der Waals surface area contributed by atoms with E-state index in [1.165, 1.54) is 0 Å². The van der Waals surface area contributed by atoms with Crippen LogP contribution >= 0.6 is 0 Å². The summed E-state index contributed by atoms with van der Waals surface area (Å²) in [5.74, 6) is -0.717. The molecule has 9 nitrogen and oxygen atoms in total. The van der Waals surface area contributed by atoms with Gasteiger partial charge in [0.25, 0.3) is 0 Å². The van der Waals surface area contributed by atoms with Gasteiger partial charge >= 0.3 is 6.09 Å². The monoisotopic (exact) mass is 524 g/mol. The second-order valence-electron chi connectivity index (χ2n) is 10.6. The van der Waals surface area contributed by atoms with E-state index >= 15 is 0 Å². The Hall–Kier alpha value is -3.05. The van der Waals surface area contributed by atoms with E-state index in [1.807, 2.05) is 38.1 Å². The Morgan fingerprint density at radius 1 is 1.22 bits per heavy atom. The molecule has 0 atom stereocenters. The number of hydrogen-bond acceptors (Lipinski definition) is 7. The zero-order valence-corrected chi connectivity index (χ0v) is 23.2. The summed E-state index contributed by atoms with van der Waals surface area (Å²) in [4.78, 5) is 20.4. The Bertz CT molecular complexity index is 1270. The largest absolute Gasteiger partial charge is 0.445 e. The molecule has 3 heterocycles. The van der Waals surface area contributed by atoms with Crippen molar-refractivity contribution in [1.82, 2.24) is 14.5 Å². The Morgan fingerprint density at radius 2 is 1.92 bits per heavy atom. The highest BCUT2D eigenvalue weighted by Crippen LogP contribution is 2.33. The van der Waals surface area contributed by atoms with Crippen molar-refractivity contribution in [2.75, 3.05) is 26.4 Å². The summed E-state index contributed by atoms with van der Waals surface area (Å²) in [5, 5.41) is 0. The minimum Gasteiger partial charge on any atom is -0.445 e. The average Bonchev–Trinajstić information content (AvgIpc) is 3.44. The molecular formula is C27H36N4O5Si. The second kappa shape index (κ2) is 11.1. The summed E-state index contributed by atoms with van der Waals surface area (Å²) in [6, 6.07) is 11.3. The lowest BCUT2D eigenvalue weighted by Crippen LogP contribution is -2.22. The highest BCUT2D eigenvalue weighted by atomic mass is 28.3. The molecule has 37 heavy (non-hydrogen) atoms. The smallest absolute Gasteiger partial charge is 0.404 e. The van der Waals surface area contributed by atoms with E-state index in [2.05, 4.69) is 36.3 Å². The molecule has 0 unspecified atom stereocenters. The third kappa shape index (κ3) is 6.83. The van der Waals surface area contributed by atoms with Gasteiger partial charge in [0.1, 0.15) is 18.9 Å². The molecule has 10 heteroatoms. The van der Waals surface area contributed by atoms with Crippen LogP contribution in [0.4, 0.5) is 4.79 Å². The van der Waals surface area contributed by atoms with Gasteiger partial charge in [0.15, 0.2) is 11.4 Å². The number of ether oxygens (including phenoxy) is 4. The molecule has 0 bridgehead atoms. The van der Waals surface area contributed by atoms with E-state index in [-0.39, 0.29) is 6.61 Å².